The number of aromatic nitrogens is 1. The lowest BCUT2D eigenvalue weighted by Crippen LogP contribution is -2.01. The first-order chi connectivity index (χ1) is 17.1. The summed E-state index contributed by atoms with van der Waals surface area (Å²) in [6.07, 6.45) is 10.7. The van der Waals surface area contributed by atoms with E-state index in [0.717, 1.165) is 47.4 Å². The second-order valence-corrected chi connectivity index (χ2v) is 9.44. The van der Waals surface area contributed by atoms with Crippen molar-refractivity contribution in [2.24, 2.45) is 0 Å². The average Bonchev–Trinajstić information content (AvgIpc) is 2.86. The van der Waals surface area contributed by atoms with E-state index in [9.17, 15) is 4.79 Å². The Hall–Kier alpha value is -3.25. The third-order valence-electron chi connectivity index (χ3n) is 5.54. The Morgan fingerprint density at radius 2 is 1.66 bits per heavy atom. The van der Waals surface area contributed by atoms with Crippen LogP contribution in [-0.2, 0) is 17.0 Å². The zero-order valence-electron chi connectivity index (χ0n) is 20.1. The number of nitrogens with zero attached hydrogens (tertiary/aromatic N) is 1. The molecule has 0 bridgehead atoms. The Bertz CT molecular complexity index is 1090. The van der Waals surface area contributed by atoms with E-state index in [1.54, 1.807) is 11.8 Å². The van der Waals surface area contributed by atoms with Gasteiger partial charge in [0.2, 0.25) is 0 Å². The first kappa shape index (κ1) is 26.4. The first-order valence-electron chi connectivity index (χ1n) is 12.2. The largest absolute Gasteiger partial charge is 0.491 e. The molecule has 5 nitrogen and oxygen atoms in total. The van der Waals surface area contributed by atoms with Crippen LogP contribution in [0.3, 0.4) is 0 Å². The number of hydrogen-bond donors (Lipinski definition) is 2. The van der Waals surface area contributed by atoms with E-state index in [1.165, 1.54) is 37.3 Å². The molecule has 184 valence electrons. The molecule has 0 saturated carbocycles. The Labute approximate surface area is 212 Å². The summed E-state index contributed by atoms with van der Waals surface area (Å²) in [7, 11) is 0. The number of unbranched alkanes of at least 4 members (excludes halogenated alkanes) is 5. The van der Waals surface area contributed by atoms with Gasteiger partial charge in [-0.25, -0.2) is 9.78 Å². The van der Waals surface area contributed by atoms with Crippen LogP contribution in [0.25, 0.3) is 6.08 Å². The van der Waals surface area contributed by atoms with Gasteiger partial charge in [0, 0.05) is 17.5 Å². The van der Waals surface area contributed by atoms with Crippen LogP contribution >= 0.6 is 11.8 Å². The molecule has 3 rings (SSSR count). The molecule has 2 aromatic carbocycles. The van der Waals surface area contributed by atoms with Gasteiger partial charge in [0.15, 0.2) is 0 Å². The summed E-state index contributed by atoms with van der Waals surface area (Å²) < 4.78 is 5.96. The van der Waals surface area contributed by atoms with Crippen LogP contribution in [0.4, 0.5) is 5.69 Å². The van der Waals surface area contributed by atoms with E-state index in [4.69, 9.17) is 15.6 Å². The molecule has 0 radical (unpaired) electrons. The summed E-state index contributed by atoms with van der Waals surface area (Å²) in [5.41, 5.74) is 9.64. The fourth-order valence-corrected chi connectivity index (χ4v) is 4.54. The van der Waals surface area contributed by atoms with Crippen molar-refractivity contribution in [3.05, 3.63) is 89.6 Å². The van der Waals surface area contributed by atoms with Gasteiger partial charge >= 0.3 is 5.97 Å². The molecule has 6 heteroatoms. The van der Waals surface area contributed by atoms with Gasteiger partial charge in [0.05, 0.1) is 11.6 Å². The second kappa shape index (κ2) is 14.9. The van der Waals surface area contributed by atoms with E-state index in [-0.39, 0.29) is 0 Å². The Balaban J connectivity index is 1.41. The minimum absolute atomic E-state index is 0.533. The van der Waals surface area contributed by atoms with Crippen molar-refractivity contribution >= 4 is 29.5 Å². The third kappa shape index (κ3) is 10.3. The number of carbonyl (C=O) groups is 1. The number of carboxylic acids is 1. The number of aliphatic carboxylic acids is 1. The topological polar surface area (TPSA) is 85.4 Å². The van der Waals surface area contributed by atoms with Crippen LogP contribution < -0.4 is 10.5 Å². The zero-order chi connectivity index (χ0) is 24.7. The van der Waals surface area contributed by atoms with Gasteiger partial charge in [-0.2, -0.15) is 0 Å². The van der Waals surface area contributed by atoms with E-state index in [1.807, 2.05) is 36.4 Å². The molecule has 0 aliphatic carbocycles. The van der Waals surface area contributed by atoms with Crippen molar-refractivity contribution in [3.8, 4) is 5.75 Å². The number of benzene rings is 2. The van der Waals surface area contributed by atoms with E-state index in [0.29, 0.717) is 18.1 Å². The lowest BCUT2D eigenvalue weighted by atomic mass is 10.1. The Morgan fingerprint density at radius 1 is 0.914 bits per heavy atom. The number of nitrogens with two attached hydrogens (primary N) is 1. The van der Waals surface area contributed by atoms with Crippen molar-refractivity contribution in [2.75, 3.05) is 12.3 Å². The monoisotopic (exact) mass is 490 g/mol. The van der Waals surface area contributed by atoms with Crippen LogP contribution in [0.5, 0.6) is 5.75 Å². The second-order valence-electron chi connectivity index (χ2n) is 8.44. The smallest absolute Gasteiger partial charge is 0.328 e. The van der Waals surface area contributed by atoms with Crippen LogP contribution in [0.15, 0.2) is 77.8 Å². The maximum Gasteiger partial charge on any atom is 0.328 e. The van der Waals surface area contributed by atoms with Gasteiger partial charge < -0.3 is 15.6 Å². The molecule has 0 fully saturated rings. The minimum Gasteiger partial charge on any atom is -0.491 e. The molecule has 35 heavy (non-hydrogen) atoms. The van der Waals surface area contributed by atoms with Crippen molar-refractivity contribution in [1.82, 2.24) is 4.98 Å². The molecule has 0 saturated heterocycles. The summed E-state index contributed by atoms with van der Waals surface area (Å²) in [6, 6.07) is 22.2. The minimum atomic E-state index is -1.01. The van der Waals surface area contributed by atoms with E-state index >= 15 is 0 Å². The van der Waals surface area contributed by atoms with Crippen LogP contribution in [-0.4, -0.2) is 22.7 Å². The van der Waals surface area contributed by atoms with Gasteiger partial charge in [-0.1, -0.05) is 68.1 Å². The lowest BCUT2D eigenvalue weighted by molar-refractivity contribution is -0.131. The molecule has 0 amide bonds. The molecule has 3 N–H and O–H groups in total. The lowest BCUT2D eigenvalue weighted by Gasteiger charge is -2.10. The van der Waals surface area contributed by atoms with Crippen LogP contribution in [0, 0.1) is 0 Å². The highest BCUT2D eigenvalue weighted by Gasteiger charge is 2.07. The highest BCUT2D eigenvalue weighted by atomic mass is 32.2. The van der Waals surface area contributed by atoms with Crippen molar-refractivity contribution in [3.63, 3.8) is 0 Å². The number of thioether (sulfide) groups is 1. The first-order valence-corrected chi connectivity index (χ1v) is 13.1. The quantitative estimate of drug-likeness (QED) is 0.103. The molecule has 1 heterocycles. The molecule has 0 unspecified atom stereocenters. The molecule has 0 atom stereocenters. The van der Waals surface area contributed by atoms with Crippen LogP contribution in [0.2, 0.25) is 0 Å². The predicted molar refractivity (Wildman–Crippen MR) is 145 cm³/mol. The van der Waals surface area contributed by atoms with Crippen molar-refractivity contribution in [1.29, 1.82) is 0 Å². The third-order valence-corrected chi connectivity index (χ3v) is 6.54. The number of pyridine rings is 1. The predicted octanol–water partition coefficient (Wildman–Crippen LogP) is 7.02. The van der Waals surface area contributed by atoms with E-state index < -0.39 is 5.97 Å². The Kier molecular flexibility index (Phi) is 11.2. The van der Waals surface area contributed by atoms with Crippen molar-refractivity contribution < 1.29 is 14.6 Å². The van der Waals surface area contributed by atoms with Crippen molar-refractivity contribution in [2.45, 2.75) is 55.7 Å². The fraction of sp³-hybridized carbons (Fsp3) is 0.310. The summed E-state index contributed by atoms with van der Waals surface area (Å²) in [5.74, 6) is 0.326. The molecule has 3 aromatic rings. The summed E-state index contributed by atoms with van der Waals surface area (Å²) in [6.45, 7) is 0.593. The number of nitrogen functional groups attached to an aromatic ring is 1. The van der Waals surface area contributed by atoms with Gasteiger partial charge in [-0.15, -0.1) is 11.8 Å². The number of hydrogen-bond acceptors (Lipinski definition) is 5. The highest BCUT2D eigenvalue weighted by molar-refractivity contribution is 7.98. The summed E-state index contributed by atoms with van der Waals surface area (Å²) in [5, 5.41) is 9.85. The number of rotatable bonds is 15. The maximum absolute atomic E-state index is 11.0. The molecule has 0 aliphatic rings. The standard InChI is InChI=1S/C29H34N2O3S/c30-25-15-10-14-24(21-25)22-35-28-18-17-27(26(31-28)16-19-29(32)33)34-20-9-4-2-1-3-6-11-23-12-7-5-8-13-23/h5,7-8,10,12-19,21H,1-4,6,9,11,20,22,30H2,(H,32,33). The van der Waals surface area contributed by atoms with Gasteiger partial charge in [0.25, 0.3) is 0 Å². The summed E-state index contributed by atoms with van der Waals surface area (Å²) in [4.78, 5) is 15.6. The van der Waals surface area contributed by atoms with Gasteiger partial charge in [-0.05, 0) is 60.7 Å². The highest BCUT2D eigenvalue weighted by Crippen LogP contribution is 2.27. The summed E-state index contributed by atoms with van der Waals surface area (Å²) >= 11 is 1.58. The number of carboxylic acid groups (broad SMARTS) is 1. The molecular weight excluding hydrogens is 456 g/mol. The fourth-order valence-electron chi connectivity index (χ4n) is 3.72. The van der Waals surface area contributed by atoms with Gasteiger partial charge in [-0.3, -0.25) is 0 Å². The average molecular weight is 491 g/mol. The molecule has 0 aliphatic heterocycles. The number of aryl methyl sites for hydroxylation is 1. The number of anilines is 1. The zero-order valence-corrected chi connectivity index (χ0v) is 20.9. The maximum atomic E-state index is 11.0. The SMILES string of the molecule is Nc1cccc(CSc2ccc(OCCCCCCCCc3ccccc3)c(C=CC(=O)O)n2)c1. The van der Waals surface area contributed by atoms with Gasteiger partial charge in [0.1, 0.15) is 11.4 Å². The van der Waals surface area contributed by atoms with Crippen LogP contribution in [0.1, 0.15) is 55.3 Å². The molecule has 0 spiro atoms. The number of ether oxygens (including phenoxy) is 1. The Morgan fingerprint density at radius 3 is 2.43 bits per heavy atom. The van der Waals surface area contributed by atoms with E-state index in [2.05, 4.69) is 35.3 Å². The normalized spacial score (nSPS) is 11.1. The molecular formula is C29H34N2O3S. The molecule has 1 aromatic heterocycles.